The van der Waals surface area contributed by atoms with E-state index in [1.54, 1.807) is 6.08 Å². The van der Waals surface area contributed by atoms with E-state index in [4.69, 9.17) is 4.74 Å². The molecule has 1 aromatic heterocycles. The summed E-state index contributed by atoms with van der Waals surface area (Å²) < 4.78 is 7.39. The molecule has 270 valence electrons. The molecule has 0 saturated carbocycles. The molecule has 7 heteroatoms. The quantitative estimate of drug-likeness (QED) is 0.165. The zero-order valence-electron chi connectivity index (χ0n) is 30.8. The number of anilines is 1. The molecule has 7 rings (SSSR count). The highest BCUT2D eigenvalue weighted by Crippen LogP contribution is 2.35. The van der Waals surface area contributed by atoms with E-state index in [2.05, 4.69) is 54.3 Å². The third kappa shape index (κ3) is 8.72. The van der Waals surface area contributed by atoms with Gasteiger partial charge in [-0.3, -0.25) is 9.59 Å². The van der Waals surface area contributed by atoms with E-state index in [1.165, 1.54) is 11.1 Å². The van der Waals surface area contributed by atoms with Crippen LogP contribution in [0.3, 0.4) is 0 Å². The van der Waals surface area contributed by atoms with Gasteiger partial charge in [-0.2, -0.15) is 0 Å². The SMILES string of the molecule is C=C/C=C\C(=C/CC)CN(C(=O)c1cc(-c2ccccc2C(=O)N2CCc3ccccc3C2)n2c1CCCC2)c1ccccc1.CN1CCOCC1. The van der Waals surface area contributed by atoms with Crippen molar-refractivity contribution in [1.29, 1.82) is 0 Å². The minimum atomic E-state index is -0.0245. The molecule has 0 atom stereocenters. The molecular weight excluding hydrogens is 645 g/mol. The largest absolute Gasteiger partial charge is 0.379 e. The van der Waals surface area contributed by atoms with Crippen molar-refractivity contribution in [1.82, 2.24) is 14.4 Å². The first-order chi connectivity index (χ1) is 25.5. The van der Waals surface area contributed by atoms with E-state index in [1.807, 2.05) is 88.7 Å². The van der Waals surface area contributed by atoms with Gasteiger partial charge in [-0.05, 0) is 80.1 Å². The number of allylic oxidation sites excluding steroid dienone is 3. The van der Waals surface area contributed by atoms with Crippen LogP contribution in [0.15, 0.2) is 121 Å². The van der Waals surface area contributed by atoms with Crippen LogP contribution in [-0.2, 0) is 30.7 Å². The number of fused-ring (bicyclic) bond motifs is 2. The van der Waals surface area contributed by atoms with Crippen LogP contribution in [-0.4, -0.2) is 72.6 Å². The Labute approximate surface area is 309 Å². The van der Waals surface area contributed by atoms with E-state index in [9.17, 15) is 9.59 Å². The summed E-state index contributed by atoms with van der Waals surface area (Å²) in [5, 5.41) is 0. The zero-order valence-corrected chi connectivity index (χ0v) is 30.8. The first-order valence-corrected chi connectivity index (χ1v) is 18.8. The average molecular weight is 697 g/mol. The molecule has 4 heterocycles. The zero-order chi connectivity index (χ0) is 36.3. The second-order valence-corrected chi connectivity index (χ2v) is 13.7. The van der Waals surface area contributed by atoms with E-state index < -0.39 is 0 Å². The fourth-order valence-corrected chi connectivity index (χ4v) is 7.33. The van der Waals surface area contributed by atoms with Gasteiger partial charge in [0.05, 0.1) is 25.3 Å². The highest BCUT2D eigenvalue weighted by Gasteiger charge is 2.30. The molecule has 0 unspecified atom stereocenters. The van der Waals surface area contributed by atoms with Gasteiger partial charge in [-0.1, -0.05) is 98.5 Å². The highest BCUT2D eigenvalue weighted by molar-refractivity contribution is 6.09. The second kappa shape index (κ2) is 18.0. The lowest BCUT2D eigenvalue weighted by atomic mass is 9.97. The van der Waals surface area contributed by atoms with Crippen molar-refractivity contribution in [3.8, 4) is 11.3 Å². The summed E-state index contributed by atoms with van der Waals surface area (Å²) in [6.07, 6.45) is 12.5. The Kier molecular flexibility index (Phi) is 12.7. The molecule has 1 saturated heterocycles. The van der Waals surface area contributed by atoms with Crippen LogP contribution in [0.25, 0.3) is 11.3 Å². The first kappa shape index (κ1) is 36.8. The number of para-hydroxylation sites is 1. The number of morpholine rings is 1. The Balaban J connectivity index is 0.000000594. The molecule has 2 amide bonds. The molecule has 0 spiro atoms. The number of hydrogen-bond acceptors (Lipinski definition) is 4. The maximum Gasteiger partial charge on any atom is 0.260 e. The third-order valence-electron chi connectivity index (χ3n) is 10.1. The maximum atomic E-state index is 14.6. The Hall–Kier alpha value is -4.98. The van der Waals surface area contributed by atoms with Crippen molar-refractivity contribution in [3.63, 3.8) is 0 Å². The molecule has 7 nitrogen and oxygen atoms in total. The predicted octanol–water partition coefficient (Wildman–Crippen LogP) is 8.36. The van der Waals surface area contributed by atoms with Gasteiger partial charge in [0.1, 0.15) is 0 Å². The van der Waals surface area contributed by atoms with E-state index in [0.29, 0.717) is 30.8 Å². The van der Waals surface area contributed by atoms with Gasteiger partial charge in [0.2, 0.25) is 0 Å². The Morgan fingerprint density at radius 1 is 0.846 bits per heavy atom. The van der Waals surface area contributed by atoms with E-state index >= 15 is 0 Å². The van der Waals surface area contributed by atoms with Crippen molar-refractivity contribution in [2.45, 2.75) is 52.1 Å². The standard InChI is InChI=1S/C40H41N3O2.C5H11NO/c1-3-5-16-30(15-4-2)28-43(33-19-7-6-8-20-33)40(45)36-27-38(42-25-14-13-23-37(36)42)34-21-11-12-22-35(34)39(44)41-26-24-31-17-9-10-18-32(31)29-41;1-6-2-4-7-5-3-6/h3,5-12,15-22,27H,1,4,13-14,23-26,28-29H2,2H3;2-5H2,1H3/b16-5-,30-15+;. The number of hydrogen-bond donors (Lipinski definition) is 0. The lowest BCUT2D eigenvalue weighted by Gasteiger charge is -2.29. The molecule has 3 aliphatic rings. The van der Waals surface area contributed by atoms with Crippen LogP contribution in [0, 0.1) is 0 Å². The second-order valence-electron chi connectivity index (χ2n) is 13.7. The Morgan fingerprint density at radius 3 is 2.31 bits per heavy atom. The molecule has 4 aromatic rings. The number of benzene rings is 3. The van der Waals surface area contributed by atoms with Crippen molar-refractivity contribution in [2.75, 3.05) is 51.3 Å². The fraction of sp³-hybridized carbons (Fsp3) is 0.333. The minimum absolute atomic E-state index is 0.0245. The van der Waals surface area contributed by atoms with Gasteiger partial charge in [-0.15, -0.1) is 0 Å². The number of rotatable bonds is 9. The summed E-state index contributed by atoms with van der Waals surface area (Å²) >= 11 is 0. The molecule has 0 aliphatic carbocycles. The normalized spacial score (nSPS) is 16.0. The van der Waals surface area contributed by atoms with Crippen LogP contribution in [0.2, 0.25) is 0 Å². The molecule has 1 fully saturated rings. The number of likely N-dealkylation sites (N-methyl/N-ethyl adjacent to an activating group) is 1. The van der Waals surface area contributed by atoms with Gasteiger partial charge in [0.25, 0.3) is 11.8 Å². The Bertz CT molecular complexity index is 1900. The molecule has 52 heavy (non-hydrogen) atoms. The lowest BCUT2D eigenvalue weighted by molar-refractivity contribution is 0.0503. The molecular formula is C45H52N4O3. The van der Waals surface area contributed by atoms with Crippen LogP contribution in [0.5, 0.6) is 0 Å². The number of carbonyl (C=O) groups is 2. The molecule has 0 radical (unpaired) electrons. The third-order valence-corrected chi connectivity index (χ3v) is 10.1. The van der Waals surface area contributed by atoms with Crippen LogP contribution in [0.1, 0.15) is 63.7 Å². The van der Waals surface area contributed by atoms with E-state index in [-0.39, 0.29) is 11.8 Å². The van der Waals surface area contributed by atoms with Crippen LogP contribution < -0.4 is 4.90 Å². The number of carbonyl (C=O) groups excluding carboxylic acids is 2. The molecule has 3 aromatic carbocycles. The van der Waals surface area contributed by atoms with Gasteiger partial charge < -0.3 is 24.0 Å². The highest BCUT2D eigenvalue weighted by atomic mass is 16.5. The van der Waals surface area contributed by atoms with Crippen molar-refractivity contribution in [3.05, 3.63) is 149 Å². The van der Waals surface area contributed by atoms with Crippen molar-refractivity contribution < 1.29 is 14.3 Å². The number of ether oxygens (including phenoxy) is 1. The summed E-state index contributed by atoms with van der Waals surface area (Å²) in [6.45, 7) is 12.5. The summed E-state index contributed by atoms with van der Waals surface area (Å²) in [6, 6.07) is 28.2. The number of amides is 2. The summed E-state index contributed by atoms with van der Waals surface area (Å²) in [7, 11) is 2.11. The minimum Gasteiger partial charge on any atom is -0.379 e. The topological polar surface area (TPSA) is 58.0 Å². The van der Waals surface area contributed by atoms with Crippen molar-refractivity contribution >= 4 is 17.5 Å². The summed E-state index contributed by atoms with van der Waals surface area (Å²) in [5.41, 5.74) is 8.72. The smallest absolute Gasteiger partial charge is 0.260 e. The van der Waals surface area contributed by atoms with Gasteiger partial charge in [0.15, 0.2) is 0 Å². The first-order valence-electron chi connectivity index (χ1n) is 18.8. The van der Waals surface area contributed by atoms with Gasteiger partial charge >= 0.3 is 0 Å². The van der Waals surface area contributed by atoms with Gasteiger partial charge in [0, 0.05) is 60.9 Å². The van der Waals surface area contributed by atoms with Gasteiger partial charge in [-0.25, -0.2) is 0 Å². The molecule has 0 bridgehead atoms. The monoisotopic (exact) mass is 696 g/mol. The fourth-order valence-electron chi connectivity index (χ4n) is 7.33. The molecule has 3 aliphatic heterocycles. The van der Waals surface area contributed by atoms with Crippen LogP contribution >= 0.6 is 0 Å². The maximum absolute atomic E-state index is 14.6. The predicted molar refractivity (Wildman–Crippen MR) is 212 cm³/mol. The summed E-state index contributed by atoms with van der Waals surface area (Å²) in [4.78, 5) is 34.8. The Morgan fingerprint density at radius 2 is 1.58 bits per heavy atom. The lowest BCUT2D eigenvalue weighted by Crippen LogP contribution is -2.36. The molecule has 0 N–H and O–H groups in total. The number of nitrogens with zero attached hydrogens (tertiary/aromatic N) is 4. The summed E-state index contributed by atoms with van der Waals surface area (Å²) in [5.74, 6) is 0.0113. The van der Waals surface area contributed by atoms with Crippen LogP contribution in [0.4, 0.5) is 5.69 Å². The average Bonchev–Trinajstić information content (AvgIpc) is 3.59. The van der Waals surface area contributed by atoms with Crippen molar-refractivity contribution in [2.24, 2.45) is 0 Å². The number of aromatic nitrogens is 1. The van der Waals surface area contributed by atoms with E-state index in [0.717, 1.165) is 93.2 Å².